The van der Waals surface area contributed by atoms with Gasteiger partial charge in [0, 0.05) is 35.6 Å². The van der Waals surface area contributed by atoms with Crippen LogP contribution < -0.4 is 5.32 Å². The lowest BCUT2D eigenvalue weighted by atomic mass is 10.1. The summed E-state index contributed by atoms with van der Waals surface area (Å²) < 4.78 is 2.05. The van der Waals surface area contributed by atoms with Gasteiger partial charge in [-0.2, -0.15) is 5.10 Å². The van der Waals surface area contributed by atoms with Crippen molar-refractivity contribution in [2.24, 2.45) is 0 Å². The van der Waals surface area contributed by atoms with E-state index in [0.29, 0.717) is 6.04 Å². The number of hydrogen-bond acceptors (Lipinski definition) is 3. The predicted octanol–water partition coefficient (Wildman–Crippen LogP) is 3.64. The van der Waals surface area contributed by atoms with Crippen LogP contribution in [0.15, 0.2) is 29.9 Å². The van der Waals surface area contributed by atoms with Gasteiger partial charge in [0.15, 0.2) is 0 Å². The molecule has 0 aliphatic heterocycles. The number of thiophene rings is 1. The second-order valence-electron chi connectivity index (χ2n) is 4.83. The van der Waals surface area contributed by atoms with Crippen molar-refractivity contribution in [2.45, 2.75) is 45.7 Å². The van der Waals surface area contributed by atoms with Gasteiger partial charge in [-0.05, 0) is 30.8 Å². The smallest absolute Gasteiger partial charge is 0.0537 e. The number of nitrogens with one attached hydrogen (secondary N) is 1. The molecule has 2 rings (SSSR count). The topological polar surface area (TPSA) is 29.9 Å². The van der Waals surface area contributed by atoms with E-state index in [1.54, 1.807) is 0 Å². The summed E-state index contributed by atoms with van der Waals surface area (Å²) in [6, 6.07) is 4.71. The molecule has 0 aliphatic rings. The number of rotatable bonds is 8. The average molecular weight is 277 g/mol. The Labute approximate surface area is 119 Å². The van der Waals surface area contributed by atoms with Crippen LogP contribution in [0.3, 0.4) is 0 Å². The van der Waals surface area contributed by atoms with Gasteiger partial charge >= 0.3 is 0 Å². The van der Waals surface area contributed by atoms with E-state index in [0.717, 1.165) is 32.4 Å². The van der Waals surface area contributed by atoms with Crippen LogP contribution in [0.5, 0.6) is 0 Å². The van der Waals surface area contributed by atoms with Crippen molar-refractivity contribution in [3.63, 3.8) is 0 Å². The standard InChI is InChI=1S/C15H23N3S/c1-3-7-16-15(10-14-6-5-9-19-14)13-11-17-18(12-13)8-4-2/h5-6,9,11-12,15-16H,3-4,7-8,10H2,1-2H3. The van der Waals surface area contributed by atoms with Crippen molar-refractivity contribution in [1.29, 1.82) is 0 Å². The quantitative estimate of drug-likeness (QED) is 0.798. The van der Waals surface area contributed by atoms with Gasteiger partial charge in [0.25, 0.3) is 0 Å². The first kappa shape index (κ1) is 14.3. The summed E-state index contributed by atoms with van der Waals surface area (Å²) in [6.45, 7) is 6.43. The van der Waals surface area contributed by atoms with E-state index in [9.17, 15) is 0 Å². The van der Waals surface area contributed by atoms with Crippen molar-refractivity contribution < 1.29 is 0 Å². The van der Waals surface area contributed by atoms with Crippen molar-refractivity contribution >= 4 is 11.3 Å². The van der Waals surface area contributed by atoms with Crippen LogP contribution in [0.25, 0.3) is 0 Å². The molecule has 0 saturated carbocycles. The summed E-state index contributed by atoms with van der Waals surface area (Å²) in [5.74, 6) is 0. The van der Waals surface area contributed by atoms with Gasteiger partial charge in [-0.15, -0.1) is 11.3 Å². The van der Waals surface area contributed by atoms with Crippen molar-refractivity contribution in [3.05, 3.63) is 40.3 Å². The Morgan fingerprint density at radius 3 is 2.95 bits per heavy atom. The second-order valence-corrected chi connectivity index (χ2v) is 5.86. The molecule has 1 unspecified atom stereocenters. The first-order valence-electron chi connectivity index (χ1n) is 7.11. The van der Waals surface area contributed by atoms with E-state index in [1.807, 2.05) is 22.2 Å². The van der Waals surface area contributed by atoms with Crippen LogP contribution in [-0.2, 0) is 13.0 Å². The minimum atomic E-state index is 0.379. The molecule has 0 aromatic carbocycles. The van der Waals surface area contributed by atoms with E-state index in [-0.39, 0.29) is 0 Å². The molecule has 0 saturated heterocycles. The van der Waals surface area contributed by atoms with Crippen LogP contribution >= 0.6 is 11.3 Å². The van der Waals surface area contributed by atoms with E-state index in [2.05, 4.69) is 48.0 Å². The lowest BCUT2D eigenvalue weighted by molar-refractivity contribution is 0.530. The highest BCUT2D eigenvalue weighted by Crippen LogP contribution is 2.21. The molecule has 4 heteroatoms. The SMILES string of the molecule is CCCNC(Cc1cccs1)c1cnn(CCC)c1. The maximum atomic E-state index is 4.44. The fourth-order valence-corrected chi connectivity index (χ4v) is 2.92. The summed E-state index contributed by atoms with van der Waals surface area (Å²) >= 11 is 1.83. The van der Waals surface area contributed by atoms with Gasteiger partial charge < -0.3 is 5.32 Å². The van der Waals surface area contributed by atoms with Gasteiger partial charge in [0.05, 0.1) is 6.20 Å². The van der Waals surface area contributed by atoms with Crippen LogP contribution in [0.4, 0.5) is 0 Å². The van der Waals surface area contributed by atoms with Crippen molar-refractivity contribution in [1.82, 2.24) is 15.1 Å². The van der Waals surface area contributed by atoms with Gasteiger partial charge in [0.1, 0.15) is 0 Å². The van der Waals surface area contributed by atoms with Crippen LogP contribution in [0, 0.1) is 0 Å². The minimum Gasteiger partial charge on any atom is -0.310 e. The highest BCUT2D eigenvalue weighted by atomic mass is 32.1. The molecule has 2 heterocycles. The number of aryl methyl sites for hydroxylation is 1. The molecule has 0 aliphatic carbocycles. The van der Waals surface area contributed by atoms with Crippen LogP contribution in [0.2, 0.25) is 0 Å². The lowest BCUT2D eigenvalue weighted by Crippen LogP contribution is -2.23. The molecule has 1 atom stereocenters. The molecule has 2 aromatic heterocycles. The maximum absolute atomic E-state index is 4.44. The molecule has 0 amide bonds. The van der Waals surface area contributed by atoms with Crippen LogP contribution in [0.1, 0.15) is 43.2 Å². The zero-order valence-electron chi connectivity index (χ0n) is 11.8. The molecule has 2 aromatic rings. The molecule has 104 valence electrons. The highest BCUT2D eigenvalue weighted by molar-refractivity contribution is 7.09. The average Bonchev–Trinajstić information content (AvgIpc) is 3.06. The molecule has 19 heavy (non-hydrogen) atoms. The molecule has 3 nitrogen and oxygen atoms in total. The van der Waals surface area contributed by atoms with E-state index < -0.39 is 0 Å². The summed E-state index contributed by atoms with van der Waals surface area (Å²) in [6.07, 6.45) is 7.53. The lowest BCUT2D eigenvalue weighted by Gasteiger charge is -2.16. The molecule has 1 N–H and O–H groups in total. The molecule has 0 bridgehead atoms. The van der Waals surface area contributed by atoms with E-state index in [1.165, 1.54) is 10.4 Å². The van der Waals surface area contributed by atoms with Crippen molar-refractivity contribution in [2.75, 3.05) is 6.54 Å². The predicted molar refractivity (Wildman–Crippen MR) is 81.6 cm³/mol. The Morgan fingerprint density at radius 2 is 2.26 bits per heavy atom. The van der Waals surface area contributed by atoms with Crippen molar-refractivity contribution in [3.8, 4) is 0 Å². The zero-order chi connectivity index (χ0) is 13.5. The zero-order valence-corrected chi connectivity index (χ0v) is 12.6. The van der Waals surface area contributed by atoms with E-state index >= 15 is 0 Å². The summed E-state index contributed by atoms with van der Waals surface area (Å²) in [5, 5.41) is 10.2. The number of aromatic nitrogens is 2. The summed E-state index contributed by atoms with van der Waals surface area (Å²) in [5.41, 5.74) is 1.30. The van der Waals surface area contributed by atoms with Gasteiger partial charge in [-0.3, -0.25) is 4.68 Å². The van der Waals surface area contributed by atoms with E-state index in [4.69, 9.17) is 0 Å². The fraction of sp³-hybridized carbons (Fsp3) is 0.533. The Morgan fingerprint density at radius 1 is 1.37 bits per heavy atom. The maximum Gasteiger partial charge on any atom is 0.0537 e. The summed E-state index contributed by atoms with van der Waals surface area (Å²) in [4.78, 5) is 1.43. The first-order chi connectivity index (χ1) is 9.33. The van der Waals surface area contributed by atoms with Gasteiger partial charge in [0.2, 0.25) is 0 Å². The molecule has 0 radical (unpaired) electrons. The highest BCUT2D eigenvalue weighted by Gasteiger charge is 2.14. The third kappa shape index (κ3) is 4.18. The fourth-order valence-electron chi connectivity index (χ4n) is 2.17. The second kappa shape index (κ2) is 7.46. The summed E-state index contributed by atoms with van der Waals surface area (Å²) in [7, 11) is 0. The minimum absolute atomic E-state index is 0.379. The third-order valence-corrected chi connectivity index (χ3v) is 4.03. The molecular weight excluding hydrogens is 254 g/mol. The largest absolute Gasteiger partial charge is 0.310 e. The first-order valence-corrected chi connectivity index (χ1v) is 7.99. The Balaban J connectivity index is 2.06. The molecule has 0 spiro atoms. The molecule has 0 fully saturated rings. The third-order valence-electron chi connectivity index (χ3n) is 3.13. The van der Waals surface area contributed by atoms with Gasteiger partial charge in [-0.1, -0.05) is 19.9 Å². The molecular formula is C15H23N3S. The monoisotopic (exact) mass is 277 g/mol. The number of nitrogens with zero attached hydrogens (tertiary/aromatic N) is 2. The Kier molecular flexibility index (Phi) is 5.61. The number of hydrogen-bond donors (Lipinski definition) is 1. The van der Waals surface area contributed by atoms with Gasteiger partial charge in [-0.25, -0.2) is 0 Å². The van der Waals surface area contributed by atoms with Crippen LogP contribution in [-0.4, -0.2) is 16.3 Å². The Bertz CT molecular complexity index is 461. The normalized spacial score (nSPS) is 12.7. The Hall–Kier alpha value is -1.13.